The average Bonchev–Trinajstić information content (AvgIpc) is 3.05. The minimum Gasteiger partial charge on any atom is -0.393 e. The first-order chi connectivity index (χ1) is 14.4. The van der Waals surface area contributed by atoms with Crippen molar-refractivity contribution in [1.29, 1.82) is 0 Å². The predicted molar refractivity (Wildman–Crippen MR) is 126 cm³/mol. The highest BCUT2D eigenvalue weighted by Gasteiger charge is 2.64. The van der Waals surface area contributed by atoms with E-state index in [-0.39, 0.29) is 10.8 Å². The Kier molecular flexibility index (Phi) is 6.06. The first-order valence-corrected chi connectivity index (χ1v) is 12.9. The lowest BCUT2D eigenvalue weighted by molar-refractivity contribution is -0.210. The fourth-order valence-electron chi connectivity index (χ4n) is 8.16. The SMILES string of the molecule is CC(C)C(C)/C=C/C(C)C1CCC2C3=CC(O)C4(O)CC(O)CCC4(C)C3CCC21C. The van der Waals surface area contributed by atoms with E-state index in [1.807, 2.05) is 6.08 Å². The summed E-state index contributed by atoms with van der Waals surface area (Å²) in [6.45, 7) is 14.0. The summed E-state index contributed by atoms with van der Waals surface area (Å²) in [5, 5.41) is 32.9. The third-order valence-corrected chi connectivity index (χ3v) is 10.7. The van der Waals surface area contributed by atoms with Crippen molar-refractivity contribution in [3.8, 4) is 0 Å². The molecule has 0 aromatic carbocycles. The maximum absolute atomic E-state index is 11.6. The van der Waals surface area contributed by atoms with Crippen molar-refractivity contribution >= 4 is 0 Å². The highest BCUT2D eigenvalue weighted by Crippen LogP contribution is 2.67. The lowest BCUT2D eigenvalue weighted by Crippen LogP contribution is -2.65. The van der Waals surface area contributed by atoms with E-state index in [4.69, 9.17) is 0 Å². The zero-order valence-electron chi connectivity index (χ0n) is 20.6. The van der Waals surface area contributed by atoms with Crippen LogP contribution in [0.5, 0.6) is 0 Å². The van der Waals surface area contributed by atoms with Crippen molar-refractivity contribution in [2.45, 2.75) is 104 Å². The number of fused-ring (bicyclic) bond motifs is 5. The normalized spacial score (nSPS) is 49.4. The van der Waals surface area contributed by atoms with Crippen molar-refractivity contribution in [3.05, 3.63) is 23.8 Å². The monoisotopic (exact) mass is 430 g/mol. The van der Waals surface area contributed by atoms with E-state index < -0.39 is 17.8 Å². The topological polar surface area (TPSA) is 60.7 Å². The van der Waals surface area contributed by atoms with Crippen molar-refractivity contribution < 1.29 is 15.3 Å². The van der Waals surface area contributed by atoms with Gasteiger partial charge in [0.05, 0.1) is 6.10 Å². The summed E-state index contributed by atoms with van der Waals surface area (Å²) in [6, 6.07) is 0. The molecule has 10 unspecified atom stereocenters. The van der Waals surface area contributed by atoms with Gasteiger partial charge in [-0.1, -0.05) is 65.3 Å². The molecule has 3 saturated carbocycles. The average molecular weight is 431 g/mol. The Balaban J connectivity index is 1.61. The van der Waals surface area contributed by atoms with Crippen LogP contribution in [0, 0.1) is 46.3 Å². The van der Waals surface area contributed by atoms with Crippen LogP contribution in [0.1, 0.15) is 86.5 Å². The summed E-state index contributed by atoms with van der Waals surface area (Å²) in [7, 11) is 0. The van der Waals surface area contributed by atoms with Gasteiger partial charge >= 0.3 is 0 Å². The molecule has 3 nitrogen and oxygen atoms in total. The van der Waals surface area contributed by atoms with Crippen LogP contribution in [0.15, 0.2) is 23.8 Å². The summed E-state index contributed by atoms with van der Waals surface area (Å²) in [4.78, 5) is 0. The fourth-order valence-corrected chi connectivity index (χ4v) is 8.16. The highest BCUT2D eigenvalue weighted by atomic mass is 16.3. The second-order valence-electron chi connectivity index (χ2n) is 12.5. The molecular weight excluding hydrogens is 384 g/mol. The first kappa shape index (κ1) is 23.5. The molecule has 0 radical (unpaired) electrons. The summed E-state index contributed by atoms with van der Waals surface area (Å²) < 4.78 is 0. The largest absolute Gasteiger partial charge is 0.393 e. The Bertz CT molecular complexity index is 741. The number of aliphatic hydroxyl groups excluding tert-OH is 2. The third kappa shape index (κ3) is 3.49. The van der Waals surface area contributed by atoms with Crippen LogP contribution in [0.3, 0.4) is 0 Å². The number of allylic oxidation sites excluding steroid dienone is 3. The number of rotatable bonds is 4. The molecule has 0 aromatic heterocycles. The predicted octanol–water partition coefficient (Wildman–Crippen LogP) is 5.50. The van der Waals surface area contributed by atoms with Gasteiger partial charge in [0.25, 0.3) is 0 Å². The maximum Gasteiger partial charge on any atom is 0.102 e. The standard InChI is InChI=1S/C28H46O3/c1-17(2)18(3)7-8-19(4)22-9-10-23-21-15-25(30)28(31)16-20(29)11-14-27(28,6)24(21)12-13-26(22,23)5/h7-8,15,17-20,22-25,29-31H,9-14,16H2,1-6H3/b8-7+. The van der Waals surface area contributed by atoms with Crippen molar-refractivity contribution in [1.82, 2.24) is 0 Å². The molecule has 4 aliphatic carbocycles. The molecule has 0 amide bonds. The molecule has 4 aliphatic rings. The van der Waals surface area contributed by atoms with Crippen LogP contribution in [0.4, 0.5) is 0 Å². The molecule has 0 spiro atoms. The third-order valence-electron chi connectivity index (χ3n) is 10.7. The molecule has 0 aliphatic heterocycles. The van der Waals surface area contributed by atoms with Gasteiger partial charge in [-0.15, -0.1) is 0 Å². The quantitative estimate of drug-likeness (QED) is 0.516. The number of hydrogen-bond acceptors (Lipinski definition) is 3. The molecule has 10 atom stereocenters. The Labute approximate surface area is 190 Å². The molecular formula is C28H46O3. The summed E-state index contributed by atoms with van der Waals surface area (Å²) in [5.74, 6) is 3.37. The molecule has 0 heterocycles. The number of aliphatic hydroxyl groups is 3. The molecule has 3 N–H and O–H groups in total. The second kappa shape index (κ2) is 7.99. The highest BCUT2D eigenvalue weighted by molar-refractivity contribution is 5.33. The Morgan fingerprint density at radius 2 is 1.65 bits per heavy atom. The molecule has 3 heteroatoms. The van der Waals surface area contributed by atoms with E-state index in [0.717, 1.165) is 19.3 Å². The van der Waals surface area contributed by atoms with Gasteiger partial charge in [-0.2, -0.15) is 0 Å². The van der Waals surface area contributed by atoms with E-state index in [0.29, 0.717) is 41.9 Å². The van der Waals surface area contributed by atoms with E-state index in [1.54, 1.807) is 0 Å². The molecule has 176 valence electrons. The van der Waals surface area contributed by atoms with E-state index in [9.17, 15) is 15.3 Å². The van der Waals surface area contributed by atoms with Crippen LogP contribution >= 0.6 is 0 Å². The number of hydrogen-bond donors (Lipinski definition) is 3. The summed E-state index contributed by atoms with van der Waals surface area (Å²) in [5.41, 5.74) is 0.160. The van der Waals surface area contributed by atoms with E-state index in [1.165, 1.54) is 24.8 Å². The van der Waals surface area contributed by atoms with Gasteiger partial charge in [-0.05, 0) is 79.4 Å². The zero-order valence-corrected chi connectivity index (χ0v) is 20.6. The molecule has 4 rings (SSSR count). The molecule has 3 fully saturated rings. The van der Waals surface area contributed by atoms with E-state index in [2.05, 4.69) is 53.7 Å². The molecule has 0 saturated heterocycles. The van der Waals surface area contributed by atoms with Gasteiger partial charge in [-0.3, -0.25) is 0 Å². The molecule has 31 heavy (non-hydrogen) atoms. The van der Waals surface area contributed by atoms with Crippen LogP contribution in [0.2, 0.25) is 0 Å². The fraction of sp³-hybridized carbons (Fsp3) is 0.857. The van der Waals surface area contributed by atoms with Gasteiger partial charge in [0.15, 0.2) is 0 Å². The lowest BCUT2D eigenvalue weighted by atomic mass is 9.45. The first-order valence-electron chi connectivity index (χ1n) is 12.9. The van der Waals surface area contributed by atoms with Gasteiger partial charge in [0.1, 0.15) is 11.7 Å². The van der Waals surface area contributed by atoms with Crippen molar-refractivity contribution in [3.63, 3.8) is 0 Å². The Morgan fingerprint density at radius 3 is 2.32 bits per heavy atom. The summed E-state index contributed by atoms with van der Waals surface area (Å²) in [6.07, 6.45) is 12.1. The zero-order chi connectivity index (χ0) is 22.8. The minimum absolute atomic E-state index is 0.271. The maximum atomic E-state index is 11.6. The van der Waals surface area contributed by atoms with Gasteiger partial charge in [-0.25, -0.2) is 0 Å². The van der Waals surface area contributed by atoms with E-state index >= 15 is 0 Å². The van der Waals surface area contributed by atoms with Crippen molar-refractivity contribution in [2.24, 2.45) is 46.3 Å². The second-order valence-corrected chi connectivity index (χ2v) is 12.5. The molecule has 0 bridgehead atoms. The minimum atomic E-state index is -1.20. The Morgan fingerprint density at radius 1 is 0.935 bits per heavy atom. The van der Waals surface area contributed by atoms with Gasteiger partial charge in [0.2, 0.25) is 0 Å². The van der Waals surface area contributed by atoms with Crippen LogP contribution in [0.25, 0.3) is 0 Å². The summed E-state index contributed by atoms with van der Waals surface area (Å²) >= 11 is 0. The van der Waals surface area contributed by atoms with Crippen LogP contribution in [-0.4, -0.2) is 33.1 Å². The van der Waals surface area contributed by atoms with Crippen LogP contribution < -0.4 is 0 Å². The van der Waals surface area contributed by atoms with Gasteiger partial charge in [0, 0.05) is 11.8 Å². The Hall–Kier alpha value is -0.640. The smallest absolute Gasteiger partial charge is 0.102 e. The van der Waals surface area contributed by atoms with Crippen molar-refractivity contribution in [2.75, 3.05) is 0 Å². The molecule has 0 aromatic rings. The van der Waals surface area contributed by atoms with Gasteiger partial charge < -0.3 is 15.3 Å². The lowest BCUT2D eigenvalue weighted by Gasteiger charge is -2.62. The van der Waals surface area contributed by atoms with Crippen LogP contribution in [-0.2, 0) is 0 Å².